The lowest BCUT2D eigenvalue weighted by atomic mass is 9.92. The van der Waals surface area contributed by atoms with E-state index in [2.05, 4.69) is 4.18 Å². The molecule has 2 aliphatic heterocycles. The van der Waals surface area contributed by atoms with Crippen LogP contribution in [0.5, 0.6) is 23.0 Å². The number of hydrogen-bond acceptors (Lipinski definition) is 9. The third-order valence-corrected chi connectivity index (χ3v) is 5.87. The van der Waals surface area contributed by atoms with Gasteiger partial charge in [0.25, 0.3) is 0 Å². The summed E-state index contributed by atoms with van der Waals surface area (Å²) in [5.41, 5.74) is -5.86. The number of aromatic hydroxyl groups is 1. The fraction of sp³-hybridized carbons (Fsp3) is 0.333. The summed E-state index contributed by atoms with van der Waals surface area (Å²) >= 11 is 0. The van der Waals surface area contributed by atoms with E-state index in [0.717, 1.165) is 26.2 Å². The van der Waals surface area contributed by atoms with E-state index in [4.69, 9.17) is 14.2 Å². The van der Waals surface area contributed by atoms with Gasteiger partial charge in [0.2, 0.25) is 0 Å². The molecule has 2 aliphatic rings. The highest BCUT2D eigenvalue weighted by Gasteiger charge is 2.50. The highest BCUT2D eigenvalue weighted by molar-refractivity contribution is 7.88. The number of fused-ring (bicyclic) bond motifs is 5. The molecule has 31 heavy (non-hydrogen) atoms. The first-order valence-corrected chi connectivity index (χ1v) is 10.0. The molecule has 0 amide bonds. The Balaban J connectivity index is 2.02. The Hall–Kier alpha value is -3.22. The van der Waals surface area contributed by atoms with E-state index >= 15 is 0 Å². The molecular formula is C18H13F3O9S. The zero-order chi connectivity index (χ0) is 22.9. The fourth-order valence-corrected chi connectivity index (χ4v) is 4.14. The van der Waals surface area contributed by atoms with Crippen LogP contribution in [-0.2, 0) is 19.6 Å². The third kappa shape index (κ3) is 3.10. The Kier molecular flexibility index (Phi) is 4.50. The van der Waals surface area contributed by atoms with Gasteiger partial charge >= 0.3 is 21.6 Å². The molecule has 4 rings (SSSR count). The molecule has 0 saturated carbocycles. The second kappa shape index (κ2) is 6.64. The maximum absolute atomic E-state index is 12.7. The fourth-order valence-electron chi connectivity index (χ4n) is 3.70. The van der Waals surface area contributed by atoms with Crippen molar-refractivity contribution in [3.8, 4) is 23.0 Å². The summed E-state index contributed by atoms with van der Waals surface area (Å²) in [7, 11) is -4.88. The van der Waals surface area contributed by atoms with Gasteiger partial charge in [-0.1, -0.05) is 0 Å². The molecule has 13 heteroatoms. The highest BCUT2D eigenvalue weighted by atomic mass is 32.2. The lowest BCUT2D eigenvalue weighted by Gasteiger charge is -2.17. The van der Waals surface area contributed by atoms with Gasteiger partial charge in [0.15, 0.2) is 18.0 Å². The van der Waals surface area contributed by atoms with Crippen LogP contribution in [0.2, 0.25) is 0 Å². The van der Waals surface area contributed by atoms with Gasteiger partial charge in [-0.2, -0.15) is 21.6 Å². The van der Waals surface area contributed by atoms with Crippen LogP contribution in [0.25, 0.3) is 10.8 Å². The number of ketones is 1. The van der Waals surface area contributed by atoms with Crippen LogP contribution in [-0.4, -0.2) is 44.0 Å². The van der Waals surface area contributed by atoms with Gasteiger partial charge in [-0.15, -0.1) is 0 Å². The predicted molar refractivity (Wildman–Crippen MR) is 95.6 cm³/mol. The van der Waals surface area contributed by atoms with E-state index in [1.165, 1.54) is 0 Å². The van der Waals surface area contributed by atoms with Crippen LogP contribution < -0.4 is 13.7 Å². The van der Waals surface area contributed by atoms with Crippen molar-refractivity contribution in [2.45, 2.75) is 31.1 Å². The normalized spacial score (nSPS) is 20.1. The molecule has 2 aromatic carbocycles. The largest absolute Gasteiger partial charge is 0.534 e. The summed E-state index contributed by atoms with van der Waals surface area (Å²) in [4.78, 5) is 23.9. The molecule has 2 aromatic rings. The number of halogens is 3. The summed E-state index contributed by atoms with van der Waals surface area (Å²) in [5, 5.41) is 10.6. The van der Waals surface area contributed by atoms with Crippen LogP contribution >= 0.6 is 0 Å². The zero-order valence-electron chi connectivity index (χ0n) is 15.8. The molecule has 0 aromatic heterocycles. The van der Waals surface area contributed by atoms with Gasteiger partial charge in [0.1, 0.15) is 23.0 Å². The number of benzene rings is 2. The van der Waals surface area contributed by atoms with Crippen molar-refractivity contribution in [1.29, 1.82) is 0 Å². The maximum atomic E-state index is 12.7. The average molecular weight is 462 g/mol. The Morgan fingerprint density at radius 1 is 1.26 bits per heavy atom. The molecule has 9 nitrogen and oxygen atoms in total. The van der Waals surface area contributed by atoms with Gasteiger partial charge in [0.05, 0.1) is 30.0 Å². The minimum atomic E-state index is -5.99. The first-order valence-electron chi connectivity index (χ1n) is 8.64. The molecule has 0 unspecified atom stereocenters. The second-order valence-electron chi connectivity index (χ2n) is 6.82. The molecule has 0 aliphatic carbocycles. The van der Waals surface area contributed by atoms with E-state index in [0.29, 0.717) is 0 Å². The first-order chi connectivity index (χ1) is 14.4. The summed E-state index contributed by atoms with van der Waals surface area (Å²) in [6, 6.07) is 1.71. The van der Waals surface area contributed by atoms with Crippen LogP contribution in [0.1, 0.15) is 35.4 Å². The lowest BCUT2D eigenvalue weighted by molar-refractivity contribution is -0.141. The van der Waals surface area contributed by atoms with Gasteiger partial charge in [0, 0.05) is 11.5 Å². The van der Waals surface area contributed by atoms with Crippen molar-refractivity contribution in [3.05, 3.63) is 23.3 Å². The molecular weight excluding hydrogens is 449 g/mol. The molecule has 1 saturated heterocycles. The number of rotatable bonds is 4. The van der Waals surface area contributed by atoms with Gasteiger partial charge < -0.3 is 23.5 Å². The summed E-state index contributed by atoms with van der Waals surface area (Å²) in [5.74, 6) is -2.88. The number of alkyl halides is 3. The third-order valence-electron chi connectivity index (χ3n) is 4.89. The van der Waals surface area contributed by atoms with E-state index < -0.39 is 51.1 Å². The van der Waals surface area contributed by atoms with Crippen LogP contribution in [0.3, 0.4) is 0 Å². The number of methoxy groups -OCH3 is 1. The van der Waals surface area contributed by atoms with Crippen molar-refractivity contribution in [1.82, 2.24) is 0 Å². The van der Waals surface area contributed by atoms with Gasteiger partial charge in [-0.05, 0) is 13.0 Å². The minimum absolute atomic E-state index is 0.0335. The van der Waals surface area contributed by atoms with Crippen LogP contribution in [0, 0.1) is 0 Å². The lowest BCUT2D eigenvalue weighted by Crippen LogP contribution is -2.28. The van der Waals surface area contributed by atoms with Crippen molar-refractivity contribution >= 4 is 32.6 Å². The van der Waals surface area contributed by atoms with Gasteiger partial charge in [-0.3, -0.25) is 9.59 Å². The van der Waals surface area contributed by atoms with Crippen LogP contribution in [0.4, 0.5) is 13.2 Å². The van der Waals surface area contributed by atoms with E-state index in [1.807, 2.05) is 0 Å². The molecule has 166 valence electrons. The average Bonchev–Trinajstić information content (AvgIpc) is 3.16. The zero-order valence-corrected chi connectivity index (χ0v) is 16.6. The van der Waals surface area contributed by atoms with Crippen molar-refractivity contribution in [3.63, 3.8) is 0 Å². The summed E-state index contributed by atoms with van der Waals surface area (Å²) in [6.07, 6.45) is -2.01. The molecule has 0 radical (unpaired) electrons. The predicted octanol–water partition coefficient (Wildman–Crippen LogP) is 2.73. The number of phenolic OH excluding ortho intramolecular Hbond substituents is 1. The van der Waals surface area contributed by atoms with E-state index in [-0.39, 0.29) is 39.8 Å². The van der Waals surface area contributed by atoms with Crippen molar-refractivity contribution in [2.75, 3.05) is 7.11 Å². The standard InChI is InChI=1S/C18H13F3O9S/c1-6(22)12-14-16(28-10-5-11(23)29-17(10)14)8-3-7(30-31(25,26)18(19,20)21)4-9(27-2)13(8)15(12)24/h3-4,10,17,24H,5H2,1-2H3/t10-,17+/m1/s1. The second-order valence-corrected chi connectivity index (χ2v) is 8.36. The quantitative estimate of drug-likeness (QED) is 0.316. The molecule has 0 spiro atoms. The van der Waals surface area contributed by atoms with Crippen molar-refractivity contribution in [2.24, 2.45) is 0 Å². The number of carbonyl (C=O) groups excluding carboxylic acids is 2. The SMILES string of the molecule is COc1cc(OS(=O)(=O)C(F)(F)F)cc2c3c(c(C(C)=O)c(O)c12)[C@H]1OC(=O)C[C@H]1O3. The van der Waals surface area contributed by atoms with E-state index in [1.54, 1.807) is 0 Å². The molecule has 1 fully saturated rings. The monoisotopic (exact) mass is 462 g/mol. The summed E-state index contributed by atoms with van der Waals surface area (Å²) in [6.45, 7) is 1.16. The molecule has 0 bridgehead atoms. The number of phenols is 1. The summed E-state index contributed by atoms with van der Waals surface area (Å²) < 4.78 is 81.2. The number of ether oxygens (including phenoxy) is 3. The highest BCUT2D eigenvalue weighted by Crippen LogP contribution is 2.55. The molecule has 1 N–H and O–H groups in total. The van der Waals surface area contributed by atoms with Gasteiger partial charge in [-0.25, -0.2) is 0 Å². The maximum Gasteiger partial charge on any atom is 0.534 e. The number of carbonyl (C=O) groups is 2. The number of hydrogen-bond donors (Lipinski definition) is 1. The topological polar surface area (TPSA) is 125 Å². The number of Topliss-reactive ketones (excluding diaryl/α,β-unsaturated/α-hetero) is 1. The smallest absolute Gasteiger partial charge is 0.506 e. The first kappa shape index (κ1) is 21.0. The minimum Gasteiger partial charge on any atom is -0.506 e. The Bertz CT molecular complexity index is 1250. The van der Waals surface area contributed by atoms with Crippen molar-refractivity contribution < 1.29 is 54.7 Å². The van der Waals surface area contributed by atoms with Crippen LogP contribution in [0.15, 0.2) is 12.1 Å². The Labute approximate surface area is 172 Å². The molecule has 2 heterocycles. The number of esters is 1. The Morgan fingerprint density at radius 3 is 2.52 bits per heavy atom. The van der Waals surface area contributed by atoms with E-state index in [9.17, 15) is 36.3 Å². The molecule has 2 atom stereocenters. The Morgan fingerprint density at radius 2 is 1.94 bits per heavy atom.